The van der Waals surface area contributed by atoms with Gasteiger partial charge in [0.15, 0.2) is 0 Å². The zero-order valence-electron chi connectivity index (χ0n) is 11.0. The van der Waals surface area contributed by atoms with Crippen molar-refractivity contribution in [2.75, 3.05) is 17.2 Å². The number of rotatable bonds is 2. The average molecular weight is 269 g/mol. The summed E-state index contributed by atoms with van der Waals surface area (Å²) in [6.07, 6.45) is 0.979. The fourth-order valence-corrected chi connectivity index (χ4v) is 2.62. The second-order valence-electron chi connectivity index (χ2n) is 4.94. The lowest BCUT2D eigenvalue weighted by atomic mass is 9.99. The Bertz CT molecular complexity index is 670. The molecule has 0 bridgehead atoms. The van der Waals surface area contributed by atoms with E-state index in [0.717, 1.165) is 25.2 Å². The van der Waals surface area contributed by atoms with Gasteiger partial charge in [0.05, 0.1) is 4.92 Å². The number of fused-ring (bicyclic) bond motifs is 1. The third kappa shape index (κ3) is 2.18. The van der Waals surface area contributed by atoms with Gasteiger partial charge in [-0.15, -0.1) is 0 Å². The van der Waals surface area contributed by atoms with Crippen LogP contribution in [0.25, 0.3) is 0 Å². The van der Waals surface area contributed by atoms with Crippen molar-refractivity contribution in [3.63, 3.8) is 0 Å². The number of nitro groups is 1. The molecule has 5 nitrogen and oxygen atoms in total. The maximum absolute atomic E-state index is 10.8. The van der Waals surface area contributed by atoms with E-state index in [1.165, 1.54) is 17.2 Å². The molecule has 0 saturated carbocycles. The van der Waals surface area contributed by atoms with Crippen LogP contribution in [0.4, 0.5) is 17.1 Å². The number of hydrogen-bond acceptors (Lipinski definition) is 4. The maximum Gasteiger partial charge on any atom is 0.292 e. The van der Waals surface area contributed by atoms with Crippen LogP contribution < -0.4 is 10.6 Å². The van der Waals surface area contributed by atoms with E-state index in [9.17, 15) is 10.1 Å². The summed E-state index contributed by atoms with van der Waals surface area (Å²) in [5.41, 5.74) is 9.54. The molecule has 102 valence electrons. The molecule has 2 aromatic rings. The SMILES string of the molecule is Nc1cc(N2CCc3ccccc3C2)ccc1[N+](=O)[O-]. The summed E-state index contributed by atoms with van der Waals surface area (Å²) in [5.74, 6) is 0. The van der Waals surface area contributed by atoms with Crippen molar-refractivity contribution in [2.24, 2.45) is 0 Å². The molecule has 0 fully saturated rings. The minimum atomic E-state index is -0.454. The number of hydrogen-bond donors (Lipinski definition) is 1. The van der Waals surface area contributed by atoms with Crippen molar-refractivity contribution >= 4 is 17.1 Å². The third-order valence-electron chi connectivity index (χ3n) is 3.70. The van der Waals surface area contributed by atoms with Crippen molar-refractivity contribution in [3.8, 4) is 0 Å². The van der Waals surface area contributed by atoms with Gasteiger partial charge < -0.3 is 10.6 Å². The summed E-state index contributed by atoms with van der Waals surface area (Å²) in [6.45, 7) is 1.71. The Kier molecular flexibility index (Phi) is 3.02. The summed E-state index contributed by atoms with van der Waals surface area (Å²) < 4.78 is 0. The van der Waals surface area contributed by atoms with Crippen molar-refractivity contribution < 1.29 is 4.92 Å². The molecule has 0 radical (unpaired) electrons. The molecule has 3 rings (SSSR count). The highest BCUT2D eigenvalue weighted by molar-refractivity contribution is 5.67. The van der Waals surface area contributed by atoms with Gasteiger partial charge in [0.25, 0.3) is 5.69 Å². The van der Waals surface area contributed by atoms with Gasteiger partial charge in [0.2, 0.25) is 0 Å². The lowest BCUT2D eigenvalue weighted by Gasteiger charge is -2.30. The van der Waals surface area contributed by atoms with E-state index in [1.54, 1.807) is 12.1 Å². The first kappa shape index (κ1) is 12.5. The van der Waals surface area contributed by atoms with E-state index in [1.807, 2.05) is 6.07 Å². The number of anilines is 2. The molecule has 20 heavy (non-hydrogen) atoms. The Hall–Kier alpha value is -2.56. The topological polar surface area (TPSA) is 72.4 Å². The maximum atomic E-state index is 10.8. The molecule has 0 spiro atoms. The van der Waals surface area contributed by atoms with Gasteiger partial charge in [-0.1, -0.05) is 24.3 Å². The van der Waals surface area contributed by atoms with E-state index >= 15 is 0 Å². The van der Waals surface area contributed by atoms with Gasteiger partial charge in [-0.2, -0.15) is 0 Å². The van der Waals surface area contributed by atoms with Crippen molar-refractivity contribution in [1.29, 1.82) is 0 Å². The molecule has 2 aromatic carbocycles. The Balaban J connectivity index is 1.88. The minimum Gasteiger partial charge on any atom is -0.393 e. The molecule has 0 atom stereocenters. The first-order valence-electron chi connectivity index (χ1n) is 6.51. The Morgan fingerprint density at radius 3 is 2.60 bits per heavy atom. The molecule has 0 saturated heterocycles. The summed E-state index contributed by atoms with van der Waals surface area (Å²) in [6, 6.07) is 13.3. The molecule has 0 amide bonds. The monoisotopic (exact) mass is 269 g/mol. The number of nitrogens with zero attached hydrogens (tertiary/aromatic N) is 2. The van der Waals surface area contributed by atoms with Crippen LogP contribution in [0.15, 0.2) is 42.5 Å². The molecular formula is C15H15N3O2. The van der Waals surface area contributed by atoms with Crippen LogP contribution in [-0.2, 0) is 13.0 Å². The van der Waals surface area contributed by atoms with Crippen molar-refractivity contribution in [1.82, 2.24) is 0 Å². The van der Waals surface area contributed by atoms with Crippen LogP contribution in [0.1, 0.15) is 11.1 Å². The van der Waals surface area contributed by atoms with Gasteiger partial charge in [0, 0.05) is 24.8 Å². The zero-order valence-corrected chi connectivity index (χ0v) is 11.0. The molecule has 1 heterocycles. The van der Waals surface area contributed by atoms with Crippen LogP contribution in [-0.4, -0.2) is 11.5 Å². The summed E-state index contributed by atoms with van der Waals surface area (Å²) in [4.78, 5) is 12.5. The van der Waals surface area contributed by atoms with Crippen LogP contribution in [0, 0.1) is 10.1 Å². The second kappa shape index (κ2) is 4.85. The standard InChI is InChI=1S/C15H15N3O2/c16-14-9-13(5-6-15(14)18(19)20)17-8-7-11-3-1-2-4-12(11)10-17/h1-6,9H,7-8,10,16H2. The van der Waals surface area contributed by atoms with Gasteiger partial charge in [-0.25, -0.2) is 0 Å². The molecule has 5 heteroatoms. The summed E-state index contributed by atoms with van der Waals surface area (Å²) in [5, 5.41) is 10.8. The number of nitrogen functional groups attached to an aromatic ring is 1. The molecule has 0 aromatic heterocycles. The Morgan fingerprint density at radius 1 is 1.15 bits per heavy atom. The highest BCUT2D eigenvalue weighted by Crippen LogP contribution is 2.30. The lowest BCUT2D eigenvalue weighted by molar-refractivity contribution is -0.383. The normalized spacial score (nSPS) is 13.9. The predicted octanol–water partition coefficient (Wildman–Crippen LogP) is 2.74. The number of benzene rings is 2. The van der Waals surface area contributed by atoms with E-state index in [2.05, 4.69) is 23.1 Å². The van der Waals surface area contributed by atoms with E-state index in [0.29, 0.717) is 0 Å². The van der Waals surface area contributed by atoms with Crippen LogP contribution in [0.2, 0.25) is 0 Å². The first-order valence-corrected chi connectivity index (χ1v) is 6.51. The lowest BCUT2D eigenvalue weighted by Crippen LogP contribution is -2.30. The molecule has 0 aliphatic carbocycles. The van der Waals surface area contributed by atoms with Crippen molar-refractivity contribution in [3.05, 3.63) is 63.7 Å². The van der Waals surface area contributed by atoms with E-state index in [-0.39, 0.29) is 11.4 Å². The summed E-state index contributed by atoms with van der Waals surface area (Å²) in [7, 11) is 0. The largest absolute Gasteiger partial charge is 0.393 e. The second-order valence-corrected chi connectivity index (χ2v) is 4.94. The fourth-order valence-electron chi connectivity index (χ4n) is 2.62. The van der Waals surface area contributed by atoms with E-state index < -0.39 is 4.92 Å². The smallest absolute Gasteiger partial charge is 0.292 e. The van der Waals surface area contributed by atoms with E-state index in [4.69, 9.17) is 5.73 Å². The highest BCUT2D eigenvalue weighted by Gasteiger charge is 2.18. The molecule has 1 aliphatic rings. The quantitative estimate of drug-likeness (QED) is 0.517. The van der Waals surface area contributed by atoms with Crippen LogP contribution in [0.3, 0.4) is 0 Å². The molecule has 0 unspecified atom stereocenters. The van der Waals surface area contributed by atoms with Crippen molar-refractivity contribution in [2.45, 2.75) is 13.0 Å². The minimum absolute atomic E-state index is 0.0360. The van der Waals surface area contributed by atoms with Gasteiger partial charge in [-0.05, 0) is 29.7 Å². The van der Waals surface area contributed by atoms with Gasteiger partial charge in [0.1, 0.15) is 5.69 Å². The Labute approximate surface area is 116 Å². The Morgan fingerprint density at radius 2 is 1.90 bits per heavy atom. The molecular weight excluding hydrogens is 254 g/mol. The summed E-state index contributed by atoms with van der Waals surface area (Å²) >= 11 is 0. The fraction of sp³-hybridized carbons (Fsp3) is 0.200. The van der Waals surface area contributed by atoms with Crippen LogP contribution in [0.5, 0.6) is 0 Å². The highest BCUT2D eigenvalue weighted by atomic mass is 16.6. The average Bonchev–Trinajstić information content (AvgIpc) is 2.46. The number of nitro benzene ring substituents is 1. The van der Waals surface area contributed by atoms with Gasteiger partial charge >= 0.3 is 0 Å². The zero-order chi connectivity index (χ0) is 14.1. The predicted molar refractivity (Wildman–Crippen MR) is 78.7 cm³/mol. The van der Waals surface area contributed by atoms with Crippen LogP contribution >= 0.6 is 0 Å². The third-order valence-corrected chi connectivity index (χ3v) is 3.70. The number of nitrogens with two attached hydrogens (primary N) is 1. The first-order chi connectivity index (χ1) is 9.65. The molecule has 2 N–H and O–H groups in total. The molecule has 1 aliphatic heterocycles. The van der Waals surface area contributed by atoms with Gasteiger partial charge in [-0.3, -0.25) is 10.1 Å².